The van der Waals surface area contributed by atoms with Crippen LogP contribution in [-0.4, -0.2) is 30.4 Å². The van der Waals surface area contributed by atoms with Gasteiger partial charge in [-0.25, -0.2) is 0 Å². The van der Waals surface area contributed by atoms with E-state index in [1.807, 2.05) is 0 Å². The van der Waals surface area contributed by atoms with Gasteiger partial charge in [0.05, 0.1) is 0 Å². The van der Waals surface area contributed by atoms with E-state index in [9.17, 15) is 4.79 Å². The lowest BCUT2D eigenvalue weighted by Crippen LogP contribution is -2.40. The number of piperidine rings is 1. The molecule has 1 heterocycles. The summed E-state index contributed by atoms with van der Waals surface area (Å²) in [5.41, 5.74) is 6.69. The fourth-order valence-corrected chi connectivity index (χ4v) is 3.13. The number of benzene rings is 1. The molecule has 1 aromatic carbocycles. The largest absolute Gasteiger partial charge is 0.370 e. The first-order chi connectivity index (χ1) is 9.20. The van der Waals surface area contributed by atoms with Gasteiger partial charge < -0.3 is 10.6 Å². The molecule has 1 aliphatic heterocycles. The maximum absolute atomic E-state index is 10.9. The van der Waals surface area contributed by atoms with Crippen molar-refractivity contribution < 1.29 is 4.79 Å². The number of nitrogens with two attached hydrogens (primary N) is 1. The Morgan fingerprint density at radius 3 is 2.74 bits per heavy atom. The fraction of sp³-hybridized carbons (Fsp3) is 0.562. The molecule has 3 nitrogen and oxygen atoms in total. The molecule has 19 heavy (non-hydrogen) atoms. The van der Waals surface area contributed by atoms with E-state index in [0.717, 1.165) is 19.6 Å². The molecule has 0 radical (unpaired) electrons. The van der Waals surface area contributed by atoms with E-state index in [1.54, 1.807) is 0 Å². The topological polar surface area (TPSA) is 46.3 Å². The number of carbonyl (C=O) groups excluding carboxylic acids is 1. The first-order valence-corrected chi connectivity index (χ1v) is 7.26. The first kappa shape index (κ1) is 14.1. The maximum atomic E-state index is 10.9. The minimum atomic E-state index is -0.196. The van der Waals surface area contributed by atoms with Crippen molar-refractivity contribution in [2.75, 3.05) is 19.6 Å². The van der Waals surface area contributed by atoms with Gasteiger partial charge in [0.15, 0.2) is 0 Å². The average Bonchev–Trinajstić information content (AvgIpc) is 2.45. The van der Waals surface area contributed by atoms with Gasteiger partial charge in [-0.05, 0) is 30.4 Å². The zero-order chi connectivity index (χ0) is 13.7. The van der Waals surface area contributed by atoms with Crippen molar-refractivity contribution in [1.29, 1.82) is 0 Å². The summed E-state index contributed by atoms with van der Waals surface area (Å²) in [6.45, 7) is 5.23. The molecule has 1 saturated heterocycles. The Balaban J connectivity index is 1.97. The number of hydrogen-bond acceptors (Lipinski definition) is 2. The second kappa shape index (κ2) is 6.71. The van der Waals surface area contributed by atoms with E-state index < -0.39 is 0 Å². The Morgan fingerprint density at radius 1 is 1.37 bits per heavy atom. The lowest BCUT2D eigenvalue weighted by atomic mass is 9.79. The average molecular weight is 260 g/mol. The molecular weight excluding hydrogens is 236 g/mol. The van der Waals surface area contributed by atoms with Gasteiger partial charge in [-0.2, -0.15) is 0 Å². The highest BCUT2D eigenvalue weighted by molar-refractivity contribution is 5.73. The third kappa shape index (κ3) is 3.80. The monoisotopic (exact) mass is 260 g/mol. The van der Waals surface area contributed by atoms with Gasteiger partial charge in [0.2, 0.25) is 5.91 Å². The van der Waals surface area contributed by atoms with Crippen LogP contribution in [-0.2, 0) is 4.79 Å². The Bertz CT molecular complexity index is 404. The molecule has 0 aromatic heterocycles. The van der Waals surface area contributed by atoms with Gasteiger partial charge in [-0.1, -0.05) is 43.7 Å². The number of rotatable bonds is 5. The van der Waals surface area contributed by atoms with Gasteiger partial charge >= 0.3 is 0 Å². The van der Waals surface area contributed by atoms with Crippen LogP contribution in [0.25, 0.3) is 0 Å². The van der Waals surface area contributed by atoms with Crippen LogP contribution in [0.2, 0.25) is 0 Å². The lowest BCUT2D eigenvalue weighted by molar-refractivity contribution is -0.118. The maximum Gasteiger partial charge on any atom is 0.218 e. The number of hydrogen-bond donors (Lipinski definition) is 1. The first-order valence-electron chi connectivity index (χ1n) is 7.26. The molecule has 2 unspecified atom stereocenters. The standard InChI is InChI=1S/C16H24N2O/c1-2-13-12-18(11-9-16(17)19)10-8-15(13)14-6-4-3-5-7-14/h3-7,13,15H,2,8-12H2,1H3,(H2,17,19). The van der Waals surface area contributed by atoms with Crippen molar-refractivity contribution in [2.24, 2.45) is 11.7 Å². The number of amides is 1. The van der Waals surface area contributed by atoms with Gasteiger partial charge in [0.25, 0.3) is 0 Å². The summed E-state index contributed by atoms with van der Waals surface area (Å²) in [5, 5.41) is 0. The van der Waals surface area contributed by atoms with Crippen molar-refractivity contribution in [3.05, 3.63) is 35.9 Å². The summed E-state index contributed by atoms with van der Waals surface area (Å²) in [6, 6.07) is 10.8. The van der Waals surface area contributed by atoms with Crippen LogP contribution < -0.4 is 5.73 Å². The summed E-state index contributed by atoms with van der Waals surface area (Å²) < 4.78 is 0. The van der Waals surface area contributed by atoms with E-state index in [1.165, 1.54) is 18.4 Å². The molecule has 0 spiro atoms. The normalized spacial score (nSPS) is 24.3. The molecule has 0 bridgehead atoms. The highest BCUT2D eigenvalue weighted by atomic mass is 16.1. The minimum Gasteiger partial charge on any atom is -0.370 e. The SMILES string of the molecule is CCC1CN(CCC(N)=O)CCC1c1ccccc1. The Hall–Kier alpha value is -1.35. The predicted molar refractivity (Wildman–Crippen MR) is 77.8 cm³/mol. The third-order valence-corrected chi connectivity index (χ3v) is 4.24. The van der Waals surface area contributed by atoms with Crippen molar-refractivity contribution in [1.82, 2.24) is 4.90 Å². The molecule has 1 fully saturated rings. The molecule has 1 aliphatic rings. The van der Waals surface area contributed by atoms with E-state index >= 15 is 0 Å². The van der Waals surface area contributed by atoms with Crippen LogP contribution in [0.5, 0.6) is 0 Å². The van der Waals surface area contributed by atoms with Crippen LogP contribution >= 0.6 is 0 Å². The van der Waals surface area contributed by atoms with E-state index in [-0.39, 0.29) is 5.91 Å². The number of likely N-dealkylation sites (tertiary alicyclic amines) is 1. The highest BCUT2D eigenvalue weighted by Crippen LogP contribution is 2.34. The van der Waals surface area contributed by atoms with E-state index in [4.69, 9.17) is 5.73 Å². The molecule has 2 atom stereocenters. The molecule has 1 amide bonds. The van der Waals surface area contributed by atoms with Crippen LogP contribution in [0.4, 0.5) is 0 Å². The molecule has 2 rings (SSSR count). The van der Waals surface area contributed by atoms with Crippen LogP contribution in [0, 0.1) is 5.92 Å². The molecule has 0 aliphatic carbocycles. The second-order valence-electron chi connectivity index (χ2n) is 5.49. The zero-order valence-corrected chi connectivity index (χ0v) is 11.7. The zero-order valence-electron chi connectivity index (χ0n) is 11.7. The summed E-state index contributed by atoms with van der Waals surface area (Å²) in [5.74, 6) is 1.15. The van der Waals surface area contributed by atoms with Gasteiger partial charge in [-0.15, -0.1) is 0 Å². The molecule has 3 heteroatoms. The molecule has 1 aromatic rings. The lowest BCUT2D eigenvalue weighted by Gasteiger charge is -2.38. The van der Waals surface area contributed by atoms with Gasteiger partial charge in [0, 0.05) is 19.5 Å². The van der Waals surface area contributed by atoms with E-state index in [2.05, 4.69) is 42.2 Å². The number of nitrogens with zero attached hydrogens (tertiary/aromatic N) is 1. The van der Waals surface area contributed by atoms with Crippen molar-refractivity contribution >= 4 is 5.91 Å². The quantitative estimate of drug-likeness (QED) is 0.883. The highest BCUT2D eigenvalue weighted by Gasteiger charge is 2.28. The summed E-state index contributed by atoms with van der Waals surface area (Å²) in [7, 11) is 0. The Labute approximate surface area is 115 Å². The molecule has 104 valence electrons. The van der Waals surface area contributed by atoms with Crippen molar-refractivity contribution in [3.63, 3.8) is 0 Å². The summed E-state index contributed by atoms with van der Waals surface area (Å²) in [6.07, 6.45) is 2.85. The predicted octanol–water partition coefficient (Wildman–Crippen LogP) is 2.38. The fourth-order valence-electron chi connectivity index (χ4n) is 3.13. The smallest absolute Gasteiger partial charge is 0.218 e. The van der Waals surface area contributed by atoms with Gasteiger partial charge in [-0.3, -0.25) is 4.79 Å². The minimum absolute atomic E-state index is 0.196. The third-order valence-electron chi connectivity index (χ3n) is 4.24. The van der Waals surface area contributed by atoms with Crippen LogP contribution in [0.15, 0.2) is 30.3 Å². The van der Waals surface area contributed by atoms with E-state index in [0.29, 0.717) is 18.3 Å². The summed E-state index contributed by atoms with van der Waals surface area (Å²) in [4.78, 5) is 13.3. The van der Waals surface area contributed by atoms with Crippen molar-refractivity contribution in [2.45, 2.75) is 32.1 Å². The number of primary amides is 1. The van der Waals surface area contributed by atoms with Crippen LogP contribution in [0.3, 0.4) is 0 Å². The van der Waals surface area contributed by atoms with Crippen molar-refractivity contribution in [3.8, 4) is 0 Å². The van der Waals surface area contributed by atoms with Crippen LogP contribution in [0.1, 0.15) is 37.7 Å². The van der Waals surface area contributed by atoms with Gasteiger partial charge in [0.1, 0.15) is 0 Å². The Morgan fingerprint density at radius 2 is 2.11 bits per heavy atom. The number of carbonyl (C=O) groups is 1. The molecule has 2 N–H and O–H groups in total. The second-order valence-corrected chi connectivity index (χ2v) is 5.49. The summed E-state index contributed by atoms with van der Waals surface area (Å²) >= 11 is 0. The molecular formula is C16H24N2O. The Kier molecular flexibility index (Phi) is 4.97. The molecule has 0 saturated carbocycles.